The predicted molar refractivity (Wildman–Crippen MR) is 127 cm³/mol. The molecule has 3 amide bonds. The van der Waals surface area contributed by atoms with Crippen LogP contribution in [0.1, 0.15) is 49.9 Å². The van der Waals surface area contributed by atoms with Crippen LogP contribution < -0.4 is 16.4 Å². The van der Waals surface area contributed by atoms with E-state index in [9.17, 15) is 14.4 Å². The molecule has 0 radical (unpaired) electrons. The third kappa shape index (κ3) is 6.63. The fourth-order valence-corrected chi connectivity index (χ4v) is 4.11. The highest BCUT2D eigenvalue weighted by Crippen LogP contribution is 2.21. The Bertz CT molecular complexity index is 990. The molecule has 1 aromatic heterocycles. The van der Waals surface area contributed by atoms with E-state index in [1.807, 2.05) is 44.2 Å². The summed E-state index contributed by atoms with van der Waals surface area (Å²) in [5.41, 5.74) is 6.55. The number of nitrogens with one attached hydrogen (secondary N) is 2. The van der Waals surface area contributed by atoms with Crippen LogP contribution >= 0.6 is 0 Å². The third-order valence-electron chi connectivity index (χ3n) is 5.92. The van der Waals surface area contributed by atoms with Gasteiger partial charge in [-0.1, -0.05) is 44.2 Å². The smallest absolute Gasteiger partial charge is 0.243 e. The van der Waals surface area contributed by atoms with Crippen LogP contribution in [-0.2, 0) is 27.3 Å². The molecule has 34 heavy (non-hydrogen) atoms. The summed E-state index contributed by atoms with van der Waals surface area (Å²) in [5.74, 6) is 0.567. The average molecular weight is 470 g/mol. The fourth-order valence-electron chi connectivity index (χ4n) is 4.11. The molecule has 0 saturated carbocycles. The molecule has 184 valence electrons. The molecule has 2 atom stereocenters. The van der Waals surface area contributed by atoms with Gasteiger partial charge in [0, 0.05) is 25.9 Å². The molecule has 2 heterocycles. The Kier molecular flexibility index (Phi) is 8.75. The van der Waals surface area contributed by atoms with Gasteiger partial charge in [-0.15, -0.1) is 0 Å². The molecule has 4 N–H and O–H groups in total. The zero-order valence-corrected chi connectivity index (χ0v) is 20.2. The number of carbonyl (C=O) groups is 3. The van der Waals surface area contributed by atoms with Crippen LogP contribution in [0.3, 0.4) is 0 Å². The van der Waals surface area contributed by atoms with Gasteiger partial charge in [0.05, 0.1) is 19.1 Å². The van der Waals surface area contributed by atoms with Crippen molar-refractivity contribution in [2.45, 2.75) is 58.7 Å². The van der Waals surface area contributed by atoms with E-state index in [1.165, 1.54) is 0 Å². The minimum absolute atomic E-state index is 0.0223. The molecule has 10 heteroatoms. The van der Waals surface area contributed by atoms with Gasteiger partial charge in [0.1, 0.15) is 17.7 Å². The Labute approximate surface area is 200 Å². The van der Waals surface area contributed by atoms with E-state index in [1.54, 1.807) is 16.5 Å². The summed E-state index contributed by atoms with van der Waals surface area (Å²) in [4.78, 5) is 44.7. The molecule has 10 nitrogen and oxygen atoms in total. The van der Waals surface area contributed by atoms with Gasteiger partial charge in [0.2, 0.25) is 17.7 Å². The van der Waals surface area contributed by atoms with E-state index < -0.39 is 12.1 Å². The molecule has 0 fully saturated rings. The predicted octanol–water partition coefficient (Wildman–Crippen LogP) is 0.708. The van der Waals surface area contributed by atoms with Crippen LogP contribution in [0.5, 0.6) is 0 Å². The molecule has 2 aromatic rings. The Morgan fingerprint density at radius 3 is 2.56 bits per heavy atom. The van der Waals surface area contributed by atoms with Crippen molar-refractivity contribution in [1.29, 1.82) is 0 Å². The second kappa shape index (κ2) is 11.7. The molecule has 0 spiro atoms. The summed E-state index contributed by atoms with van der Waals surface area (Å²) in [6, 6.07) is 8.44. The van der Waals surface area contributed by atoms with Crippen LogP contribution in [0.2, 0.25) is 0 Å². The van der Waals surface area contributed by atoms with Crippen LogP contribution in [-0.4, -0.2) is 63.1 Å². The number of aryl methyl sites for hydroxylation is 1. The van der Waals surface area contributed by atoms with Gasteiger partial charge in [-0.05, 0) is 24.8 Å². The zero-order valence-electron chi connectivity index (χ0n) is 20.2. The topological polar surface area (TPSA) is 135 Å². The van der Waals surface area contributed by atoms with Crippen LogP contribution in [0.15, 0.2) is 30.3 Å². The van der Waals surface area contributed by atoms with Gasteiger partial charge >= 0.3 is 0 Å². The average Bonchev–Trinajstić information content (AvgIpc) is 3.18. The Hall–Kier alpha value is -3.27. The highest BCUT2D eigenvalue weighted by molar-refractivity contribution is 5.88. The lowest BCUT2D eigenvalue weighted by molar-refractivity contribution is -0.131. The highest BCUT2D eigenvalue weighted by Gasteiger charge is 2.29. The Morgan fingerprint density at radius 1 is 1.15 bits per heavy atom. The SMILES string of the molecule is Cc1nc2n(n1)CCN(C(=O)CN)CCCC(=O)N[C@@H](Cc1ccccc1)C(=O)N[C@@H]2C(C)C. The number of hydrogen-bond donors (Lipinski definition) is 3. The summed E-state index contributed by atoms with van der Waals surface area (Å²) in [6.07, 6.45) is 1.04. The van der Waals surface area contributed by atoms with Gasteiger partial charge in [0.25, 0.3) is 0 Å². The number of nitrogens with two attached hydrogens (primary N) is 1. The summed E-state index contributed by atoms with van der Waals surface area (Å²) >= 11 is 0. The van der Waals surface area contributed by atoms with Crippen molar-refractivity contribution in [3.63, 3.8) is 0 Å². The maximum Gasteiger partial charge on any atom is 0.243 e. The molecule has 0 unspecified atom stereocenters. The van der Waals surface area contributed by atoms with Crippen LogP contribution in [0.25, 0.3) is 0 Å². The van der Waals surface area contributed by atoms with Crippen molar-refractivity contribution < 1.29 is 14.4 Å². The Morgan fingerprint density at radius 2 is 1.88 bits per heavy atom. The maximum atomic E-state index is 13.4. The van der Waals surface area contributed by atoms with E-state index in [-0.39, 0.29) is 36.6 Å². The van der Waals surface area contributed by atoms with Crippen molar-refractivity contribution in [3.05, 3.63) is 47.5 Å². The van der Waals surface area contributed by atoms with E-state index in [0.29, 0.717) is 44.1 Å². The van der Waals surface area contributed by atoms with Gasteiger partial charge in [-0.25, -0.2) is 9.67 Å². The molecule has 3 rings (SSSR count). The minimum atomic E-state index is -0.738. The zero-order chi connectivity index (χ0) is 24.7. The number of fused-ring (bicyclic) bond motifs is 1. The second-order valence-electron chi connectivity index (χ2n) is 8.97. The first-order chi connectivity index (χ1) is 16.3. The number of rotatable bonds is 4. The van der Waals surface area contributed by atoms with Crippen molar-refractivity contribution in [1.82, 2.24) is 30.3 Å². The molecular formula is C24H35N7O3. The first-order valence-corrected chi connectivity index (χ1v) is 11.8. The van der Waals surface area contributed by atoms with Gasteiger partial charge in [-0.3, -0.25) is 14.4 Å². The first-order valence-electron chi connectivity index (χ1n) is 11.8. The fraction of sp³-hybridized carbons (Fsp3) is 0.542. The monoisotopic (exact) mass is 469 g/mol. The van der Waals surface area contributed by atoms with Crippen molar-refractivity contribution in [2.24, 2.45) is 11.7 Å². The quantitative estimate of drug-likeness (QED) is 0.604. The third-order valence-corrected chi connectivity index (χ3v) is 5.92. The van der Waals surface area contributed by atoms with Gasteiger partial charge < -0.3 is 21.3 Å². The molecule has 1 aromatic carbocycles. The number of benzene rings is 1. The lowest BCUT2D eigenvalue weighted by Gasteiger charge is -2.28. The standard InChI is InChI=1S/C24H35N7O3/c1-16(2)22-23-26-17(3)29-31(23)13-12-30(21(33)15-25)11-7-10-20(32)27-19(24(34)28-22)14-18-8-5-4-6-9-18/h4-6,8-9,16,19,22H,7,10-15,25H2,1-3H3,(H,27,32)(H,28,34)/t19-,22+/m0/s1. The van der Waals surface area contributed by atoms with E-state index in [4.69, 9.17) is 5.73 Å². The van der Waals surface area contributed by atoms with Crippen molar-refractivity contribution in [2.75, 3.05) is 19.6 Å². The largest absolute Gasteiger partial charge is 0.344 e. The number of carbonyl (C=O) groups excluding carboxylic acids is 3. The minimum Gasteiger partial charge on any atom is -0.344 e. The normalized spacial score (nSPS) is 20.3. The molecule has 0 bridgehead atoms. The lowest BCUT2D eigenvalue weighted by atomic mass is 10.0. The number of amides is 3. The molecular weight excluding hydrogens is 434 g/mol. The lowest BCUT2D eigenvalue weighted by Crippen LogP contribution is -2.50. The van der Waals surface area contributed by atoms with Crippen molar-refractivity contribution in [3.8, 4) is 0 Å². The number of aromatic nitrogens is 3. The van der Waals surface area contributed by atoms with E-state index in [2.05, 4.69) is 20.7 Å². The van der Waals surface area contributed by atoms with Crippen LogP contribution in [0, 0.1) is 12.8 Å². The molecule has 0 saturated heterocycles. The Balaban J connectivity index is 1.94. The molecule has 1 aliphatic heterocycles. The van der Waals surface area contributed by atoms with E-state index >= 15 is 0 Å². The van der Waals surface area contributed by atoms with E-state index in [0.717, 1.165) is 5.56 Å². The maximum absolute atomic E-state index is 13.4. The van der Waals surface area contributed by atoms with Gasteiger partial charge in [-0.2, -0.15) is 5.10 Å². The summed E-state index contributed by atoms with van der Waals surface area (Å²) in [7, 11) is 0. The number of nitrogens with zero attached hydrogens (tertiary/aromatic N) is 4. The summed E-state index contributed by atoms with van der Waals surface area (Å²) in [6.45, 7) is 6.90. The molecule has 1 aliphatic rings. The van der Waals surface area contributed by atoms with Crippen molar-refractivity contribution >= 4 is 17.7 Å². The second-order valence-corrected chi connectivity index (χ2v) is 8.97. The number of hydrogen-bond acceptors (Lipinski definition) is 6. The highest BCUT2D eigenvalue weighted by atomic mass is 16.2. The molecule has 0 aliphatic carbocycles. The first kappa shape index (κ1) is 25.4. The summed E-state index contributed by atoms with van der Waals surface area (Å²) < 4.78 is 1.76. The van der Waals surface area contributed by atoms with Gasteiger partial charge in [0.15, 0.2) is 0 Å². The summed E-state index contributed by atoms with van der Waals surface area (Å²) in [5, 5.41) is 10.5. The van der Waals surface area contributed by atoms with Crippen LogP contribution in [0.4, 0.5) is 0 Å².